The normalized spacial score (nSPS) is 30.7. The van der Waals surface area contributed by atoms with E-state index in [1.807, 2.05) is 18.2 Å². The molecule has 1 saturated carbocycles. The number of likely N-dealkylation sites (N-methyl/N-ethyl adjacent to an activating group) is 1. The number of amides is 1. The minimum Gasteiger partial charge on any atom is -0.508 e. The molecule has 5 nitrogen and oxygen atoms in total. The van der Waals surface area contributed by atoms with Gasteiger partial charge in [0.2, 0.25) is 5.91 Å². The van der Waals surface area contributed by atoms with E-state index in [2.05, 4.69) is 26.2 Å². The molecule has 1 heterocycles. The Morgan fingerprint density at radius 1 is 1.17 bits per heavy atom. The lowest BCUT2D eigenvalue weighted by Gasteiger charge is -2.59. The van der Waals surface area contributed by atoms with Gasteiger partial charge in [-0.3, -0.25) is 4.79 Å². The summed E-state index contributed by atoms with van der Waals surface area (Å²) in [5.41, 5.74) is 0.332. The molecule has 0 spiro atoms. The van der Waals surface area contributed by atoms with Crippen molar-refractivity contribution in [2.75, 3.05) is 26.7 Å². The average molecular weight is 521 g/mol. The summed E-state index contributed by atoms with van der Waals surface area (Å²) < 4.78 is 0.836. The van der Waals surface area contributed by atoms with E-state index in [1.54, 1.807) is 24.3 Å². The summed E-state index contributed by atoms with van der Waals surface area (Å²) in [5.74, 6) is 0.671. The SMILES string of the molecule is CC(C)C[N@+]1(C)CC[C@]2(c3cccc(O)c3)C[C@H](NC(=O)Cc3ccc(Cl)c(Cl)c3)CCC2(O)C1. The number of aliphatic hydroxyl groups is 1. The number of halogens is 2. The molecule has 1 aliphatic heterocycles. The number of aromatic hydroxyl groups is 1. The fourth-order valence-electron chi connectivity index (χ4n) is 6.71. The number of phenols is 1. The van der Waals surface area contributed by atoms with Gasteiger partial charge in [0.25, 0.3) is 0 Å². The zero-order chi connectivity index (χ0) is 25.4. The maximum absolute atomic E-state index is 12.9. The van der Waals surface area contributed by atoms with Crippen LogP contribution in [0.25, 0.3) is 0 Å². The number of likely N-dealkylation sites (tertiary alicyclic amines) is 1. The van der Waals surface area contributed by atoms with Crippen molar-refractivity contribution in [3.8, 4) is 5.75 Å². The summed E-state index contributed by atoms with van der Waals surface area (Å²) in [6.07, 6.45) is 2.98. The van der Waals surface area contributed by atoms with E-state index in [0.29, 0.717) is 41.8 Å². The van der Waals surface area contributed by atoms with E-state index in [1.165, 1.54) is 0 Å². The van der Waals surface area contributed by atoms with Gasteiger partial charge in [-0.1, -0.05) is 55.2 Å². The van der Waals surface area contributed by atoms with Crippen LogP contribution in [0.5, 0.6) is 5.75 Å². The second-order valence-corrected chi connectivity index (χ2v) is 12.2. The van der Waals surface area contributed by atoms with Crippen molar-refractivity contribution in [1.82, 2.24) is 5.32 Å². The zero-order valence-corrected chi connectivity index (χ0v) is 22.4. The topological polar surface area (TPSA) is 69.6 Å². The summed E-state index contributed by atoms with van der Waals surface area (Å²) in [6, 6.07) is 12.5. The van der Waals surface area contributed by atoms with Crippen LogP contribution in [-0.2, 0) is 16.6 Å². The third-order valence-electron chi connectivity index (χ3n) is 8.03. The number of hydrogen-bond donors (Lipinski definition) is 3. The lowest BCUT2D eigenvalue weighted by Crippen LogP contribution is -2.71. The molecular weight excluding hydrogens is 483 g/mol. The summed E-state index contributed by atoms with van der Waals surface area (Å²) in [4.78, 5) is 12.9. The highest BCUT2D eigenvalue weighted by Crippen LogP contribution is 2.53. The summed E-state index contributed by atoms with van der Waals surface area (Å²) in [7, 11) is 2.25. The number of quaternary nitrogens is 1. The number of nitrogens with zero attached hydrogens (tertiary/aromatic N) is 1. The van der Waals surface area contributed by atoms with Crippen LogP contribution >= 0.6 is 23.2 Å². The van der Waals surface area contributed by atoms with Crippen LogP contribution in [0, 0.1) is 5.92 Å². The highest BCUT2D eigenvalue weighted by molar-refractivity contribution is 6.42. The lowest BCUT2D eigenvalue weighted by molar-refractivity contribution is -0.926. The predicted octanol–water partition coefficient (Wildman–Crippen LogP) is 5.09. The standard InChI is InChI=1S/C28H36Cl2N2O3/c1-19(2)17-32(3)12-11-27(21-5-4-6-23(33)15-21)16-22(9-10-28(27,35)18-32)31-26(34)14-20-7-8-24(29)25(30)13-20/h4-8,13,15,19,22,35H,9-12,14,16-18H2,1-3H3,(H-,31,33,34)/p+1/t22-,27-,28?,32+/m1/s1. The Morgan fingerprint density at radius 2 is 1.94 bits per heavy atom. The first-order valence-corrected chi connectivity index (χ1v) is 13.3. The van der Waals surface area contributed by atoms with E-state index in [9.17, 15) is 15.0 Å². The van der Waals surface area contributed by atoms with Gasteiger partial charge in [-0.15, -0.1) is 0 Å². The highest BCUT2D eigenvalue weighted by Gasteiger charge is 2.61. The first-order chi connectivity index (χ1) is 16.4. The number of nitrogens with one attached hydrogen (secondary N) is 1. The van der Waals surface area contributed by atoms with Gasteiger partial charge in [0, 0.05) is 23.8 Å². The first-order valence-electron chi connectivity index (χ1n) is 12.5. The molecule has 0 bridgehead atoms. The quantitative estimate of drug-likeness (QED) is 0.465. The Kier molecular flexibility index (Phi) is 7.46. The molecule has 0 aromatic heterocycles. The number of benzene rings is 2. The third-order valence-corrected chi connectivity index (χ3v) is 8.77. The number of fused-ring (bicyclic) bond motifs is 1. The summed E-state index contributed by atoms with van der Waals surface area (Å²) in [6.45, 7) is 7.09. The van der Waals surface area contributed by atoms with E-state index in [0.717, 1.165) is 35.1 Å². The third kappa shape index (κ3) is 5.48. The Labute approximate surface area is 218 Å². The van der Waals surface area contributed by atoms with Gasteiger partial charge in [0.15, 0.2) is 0 Å². The van der Waals surface area contributed by atoms with Crippen LogP contribution in [0.4, 0.5) is 0 Å². The van der Waals surface area contributed by atoms with Gasteiger partial charge >= 0.3 is 0 Å². The van der Waals surface area contributed by atoms with Gasteiger partial charge in [-0.25, -0.2) is 0 Å². The molecule has 1 amide bonds. The van der Waals surface area contributed by atoms with Crippen molar-refractivity contribution in [1.29, 1.82) is 0 Å². The minimum absolute atomic E-state index is 0.0603. The monoisotopic (exact) mass is 519 g/mol. The second-order valence-electron chi connectivity index (χ2n) is 11.4. The Balaban J connectivity index is 1.58. The molecule has 0 radical (unpaired) electrons. The minimum atomic E-state index is -0.909. The largest absolute Gasteiger partial charge is 0.508 e. The molecule has 1 aliphatic carbocycles. The van der Waals surface area contributed by atoms with E-state index >= 15 is 0 Å². The Hall–Kier alpha value is -1.79. The molecule has 2 aromatic carbocycles. The zero-order valence-electron chi connectivity index (χ0n) is 20.9. The number of piperidine rings is 1. The van der Waals surface area contributed by atoms with Crippen molar-refractivity contribution in [3.05, 3.63) is 63.6 Å². The Bertz CT molecular complexity index is 1090. The number of carbonyl (C=O) groups excluding carboxylic acids is 1. The Morgan fingerprint density at radius 3 is 2.63 bits per heavy atom. The number of phenolic OH excluding ortho intramolecular Hbond substituents is 1. The van der Waals surface area contributed by atoms with Gasteiger partial charge in [0.1, 0.15) is 17.9 Å². The maximum atomic E-state index is 12.9. The predicted molar refractivity (Wildman–Crippen MR) is 141 cm³/mol. The maximum Gasteiger partial charge on any atom is 0.224 e. The highest BCUT2D eigenvalue weighted by atomic mass is 35.5. The second kappa shape index (κ2) is 9.93. The van der Waals surface area contributed by atoms with Crippen LogP contribution in [-0.4, -0.2) is 58.9 Å². The molecule has 1 unspecified atom stereocenters. The van der Waals surface area contributed by atoms with Gasteiger partial charge in [0.05, 0.1) is 36.6 Å². The van der Waals surface area contributed by atoms with Crippen molar-refractivity contribution in [2.45, 2.75) is 63.0 Å². The molecule has 35 heavy (non-hydrogen) atoms. The first kappa shape index (κ1) is 26.3. The van der Waals surface area contributed by atoms with Crippen LogP contribution in [0.15, 0.2) is 42.5 Å². The van der Waals surface area contributed by atoms with Crippen molar-refractivity contribution < 1.29 is 19.5 Å². The molecule has 4 atom stereocenters. The summed E-state index contributed by atoms with van der Waals surface area (Å²) >= 11 is 12.1. The summed E-state index contributed by atoms with van der Waals surface area (Å²) in [5, 5.41) is 26.6. The smallest absolute Gasteiger partial charge is 0.224 e. The van der Waals surface area contributed by atoms with Crippen LogP contribution < -0.4 is 5.32 Å². The van der Waals surface area contributed by atoms with E-state index in [4.69, 9.17) is 23.2 Å². The lowest BCUT2D eigenvalue weighted by atomic mass is 9.55. The fourth-order valence-corrected chi connectivity index (χ4v) is 7.03. The van der Waals surface area contributed by atoms with Crippen LogP contribution in [0.3, 0.4) is 0 Å². The molecule has 2 fully saturated rings. The molecule has 2 aromatic rings. The van der Waals surface area contributed by atoms with Crippen molar-refractivity contribution in [2.24, 2.45) is 5.92 Å². The van der Waals surface area contributed by atoms with Crippen molar-refractivity contribution in [3.63, 3.8) is 0 Å². The van der Waals surface area contributed by atoms with E-state index in [-0.39, 0.29) is 24.1 Å². The average Bonchev–Trinajstić information content (AvgIpc) is 2.76. The van der Waals surface area contributed by atoms with Crippen molar-refractivity contribution >= 4 is 29.1 Å². The molecule has 7 heteroatoms. The van der Waals surface area contributed by atoms with Gasteiger partial charge in [-0.2, -0.15) is 0 Å². The molecule has 1 saturated heterocycles. The van der Waals surface area contributed by atoms with Gasteiger partial charge in [-0.05, 0) is 54.7 Å². The molecular formula is C28H37Cl2N2O3+. The van der Waals surface area contributed by atoms with Crippen LogP contribution in [0.2, 0.25) is 10.0 Å². The molecule has 4 rings (SSSR count). The molecule has 2 aliphatic rings. The van der Waals surface area contributed by atoms with Gasteiger partial charge < -0.3 is 20.0 Å². The molecule has 190 valence electrons. The number of rotatable bonds is 6. The molecule has 3 N–H and O–H groups in total. The van der Waals surface area contributed by atoms with E-state index < -0.39 is 11.0 Å². The number of carbonyl (C=O) groups is 1. The number of hydrogen-bond acceptors (Lipinski definition) is 3. The van der Waals surface area contributed by atoms with Crippen LogP contribution in [0.1, 0.15) is 50.7 Å². The fraction of sp³-hybridized carbons (Fsp3) is 0.536.